The molecule has 1 aliphatic carbocycles. The van der Waals surface area contributed by atoms with Gasteiger partial charge in [0.05, 0.1) is 23.7 Å². The minimum atomic E-state index is -0.786. The quantitative estimate of drug-likeness (QED) is 0.190. The average Bonchev–Trinajstić information content (AvgIpc) is 3.08. The van der Waals surface area contributed by atoms with E-state index in [9.17, 15) is 19.2 Å². The molecular weight excluding hydrogens is 388 g/mol. The molecule has 0 spiro atoms. The van der Waals surface area contributed by atoms with Crippen LogP contribution in [0.25, 0.3) is 21.5 Å². The first kappa shape index (κ1) is 18.1. The maximum absolute atomic E-state index is 11.1. The summed E-state index contributed by atoms with van der Waals surface area (Å²) in [5.41, 5.74) is 13.9. The molecule has 0 atom stereocenters. The van der Waals surface area contributed by atoms with Crippen molar-refractivity contribution in [3.05, 3.63) is 48.5 Å². The maximum Gasteiger partial charge on any atom is 0.318 e. The van der Waals surface area contributed by atoms with Gasteiger partial charge in [-0.3, -0.25) is 19.2 Å². The van der Waals surface area contributed by atoms with Crippen LogP contribution in [0.1, 0.15) is 0 Å². The van der Waals surface area contributed by atoms with E-state index in [-0.39, 0.29) is 0 Å². The van der Waals surface area contributed by atoms with Gasteiger partial charge in [0, 0.05) is 32.9 Å². The van der Waals surface area contributed by atoms with Crippen LogP contribution in [0.2, 0.25) is 0 Å². The molecule has 3 fully saturated rings. The van der Waals surface area contributed by atoms with Crippen molar-refractivity contribution in [2.45, 2.75) is 0 Å². The number of hydrogen-bond acceptors (Lipinski definition) is 8. The zero-order valence-electron chi connectivity index (χ0n) is 15.5. The smallest absolute Gasteiger partial charge is 0.318 e. The van der Waals surface area contributed by atoms with Gasteiger partial charge < -0.3 is 20.9 Å². The first-order chi connectivity index (χ1) is 14.4. The summed E-state index contributed by atoms with van der Waals surface area (Å²) in [5.74, 6) is -6.00. The van der Waals surface area contributed by atoms with Crippen molar-refractivity contribution < 1.29 is 28.7 Å². The fraction of sp³-hybridized carbons (Fsp3) is 0.182. The van der Waals surface area contributed by atoms with E-state index < -0.39 is 47.5 Å². The fourth-order valence-corrected chi connectivity index (χ4v) is 4.59. The number of nitrogens with two attached hydrogens (primary N) is 2. The molecule has 3 aromatic rings. The lowest BCUT2D eigenvalue weighted by Crippen LogP contribution is -2.50. The van der Waals surface area contributed by atoms with Crippen molar-refractivity contribution in [3.8, 4) is 0 Å². The number of esters is 4. The number of fused-ring (bicyclic) bond motifs is 6. The number of carbonyl (C=O) groups excluding carboxylic acids is 4. The molecule has 3 aromatic carbocycles. The Morgan fingerprint density at radius 2 is 0.733 bits per heavy atom. The number of anilines is 2. The van der Waals surface area contributed by atoms with Crippen LogP contribution in [0.3, 0.4) is 0 Å². The summed E-state index contributed by atoms with van der Waals surface area (Å²) < 4.78 is 8.69. The van der Waals surface area contributed by atoms with Crippen molar-refractivity contribution in [2.75, 3.05) is 11.5 Å². The monoisotopic (exact) mass is 404 g/mol. The first-order valence-electron chi connectivity index (χ1n) is 9.35. The van der Waals surface area contributed by atoms with Gasteiger partial charge in [-0.2, -0.15) is 0 Å². The normalized spacial score (nSPS) is 26.4. The molecule has 8 heteroatoms. The Bertz CT molecular complexity index is 1080. The molecule has 2 aliphatic heterocycles. The van der Waals surface area contributed by atoms with E-state index in [0.717, 1.165) is 32.9 Å². The van der Waals surface area contributed by atoms with Gasteiger partial charge in [0.1, 0.15) is 0 Å². The molecule has 2 heterocycles. The Labute approximate surface area is 169 Å². The second-order valence-corrected chi connectivity index (χ2v) is 7.50. The second kappa shape index (κ2) is 6.28. The number of nitrogen functional groups attached to an aromatic ring is 2. The molecule has 1 saturated carbocycles. The summed E-state index contributed by atoms with van der Waals surface area (Å²) in [6.45, 7) is 0. The highest BCUT2D eigenvalue weighted by Gasteiger charge is 2.72. The molecule has 150 valence electrons. The number of carbonyl (C=O) groups is 4. The van der Waals surface area contributed by atoms with Gasteiger partial charge in [0.2, 0.25) is 0 Å². The van der Waals surface area contributed by atoms with Crippen LogP contribution in [-0.2, 0) is 28.7 Å². The van der Waals surface area contributed by atoms with Crippen molar-refractivity contribution in [1.82, 2.24) is 0 Å². The Morgan fingerprint density at radius 1 is 0.500 bits per heavy atom. The first-order valence-corrected chi connectivity index (χ1v) is 9.35. The lowest BCUT2D eigenvalue weighted by atomic mass is 9.59. The molecule has 4 N–H and O–H groups in total. The predicted molar refractivity (Wildman–Crippen MR) is 106 cm³/mol. The number of rotatable bonds is 0. The summed E-state index contributed by atoms with van der Waals surface area (Å²) in [4.78, 5) is 44.3. The molecule has 0 unspecified atom stereocenters. The summed E-state index contributed by atoms with van der Waals surface area (Å²) in [5, 5.41) is 4.11. The molecule has 0 radical (unpaired) electrons. The summed E-state index contributed by atoms with van der Waals surface area (Å²) >= 11 is 0. The minimum Gasteiger partial charge on any atom is -0.398 e. The van der Waals surface area contributed by atoms with Crippen LogP contribution in [0.4, 0.5) is 11.4 Å². The van der Waals surface area contributed by atoms with Crippen molar-refractivity contribution in [2.24, 2.45) is 23.7 Å². The molecule has 2 saturated heterocycles. The molecule has 6 rings (SSSR count). The number of cyclic esters (lactones) is 4. The van der Waals surface area contributed by atoms with Crippen molar-refractivity contribution in [1.29, 1.82) is 0 Å². The Kier molecular flexibility index (Phi) is 3.79. The molecule has 3 aliphatic rings. The van der Waals surface area contributed by atoms with E-state index in [4.69, 9.17) is 11.5 Å². The van der Waals surface area contributed by atoms with Crippen LogP contribution in [0.5, 0.6) is 0 Å². The van der Waals surface area contributed by atoms with Crippen LogP contribution in [-0.4, -0.2) is 23.9 Å². The highest BCUT2D eigenvalue weighted by molar-refractivity contribution is 6.18. The van der Waals surface area contributed by atoms with E-state index in [1.807, 2.05) is 48.5 Å². The van der Waals surface area contributed by atoms with Crippen molar-refractivity contribution in [3.63, 3.8) is 0 Å². The van der Waals surface area contributed by atoms with Gasteiger partial charge in [-0.1, -0.05) is 48.5 Å². The molecule has 0 aromatic heterocycles. The van der Waals surface area contributed by atoms with E-state index in [1.165, 1.54) is 0 Å². The zero-order valence-corrected chi connectivity index (χ0v) is 15.5. The molecule has 30 heavy (non-hydrogen) atoms. The maximum atomic E-state index is 11.1. The third-order valence-corrected chi connectivity index (χ3v) is 6.05. The Hall–Kier alpha value is -3.94. The molecular formula is C22H16N2O6. The zero-order chi connectivity index (χ0) is 21.2. The van der Waals surface area contributed by atoms with Crippen LogP contribution < -0.4 is 11.5 Å². The van der Waals surface area contributed by atoms with Crippen LogP contribution in [0, 0.1) is 23.7 Å². The topological polar surface area (TPSA) is 139 Å². The van der Waals surface area contributed by atoms with Crippen LogP contribution >= 0.6 is 0 Å². The highest BCUT2D eigenvalue weighted by Crippen LogP contribution is 2.54. The largest absolute Gasteiger partial charge is 0.398 e. The summed E-state index contributed by atoms with van der Waals surface area (Å²) in [6.07, 6.45) is 0. The third-order valence-electron chi connectivity index (χ3n) is 6.05. The van der Waals surface area contributed by atoms with Gasteiger partial charge in [-0.15, -0.1) is 0 Å². The second-order valence-electron chi connectivity index (χ2n) is 7.50. The number of benzene rings is 3. The van der Waals surface area contributed by atoms with E-state index >= 15 is 0 Å². The molecule has 8 nitrogen and oxygen atoms in total. The third kappa shape index (κ3) is 2.33. The predicted octanol–water partition coefficient (Wildman–Crippen LogP) is 1.79. The Morgan fingerprint density at radius 3 is 0.967 bits per heavy atom. The molecule has 0 amide bonds. The van der Waals surface area contributed by atoms with Gasteiger partial charge in [0.15, 0.2) is 0 Å². The standard InChI is InChI=1S/C14H12N2.C8H4O6/c15-13-9-5-1-2-6-10(9)14(16)12-8-4-3-7-11(12)13;9-5-1-2(6(10)13-5)4-3(1)7(11)14-8(4)12/h1-8H,15-16H2;1-4H. The SMILES string of the molecule is Nc1c2ccccc2c(N)c2ccccc12.O=C1OC(=O)C2C1C1C(=O)OC(=O)C21. The number of ether oxygens (including phenoxy) is 2. The van der Waals surface area contributed by atoms with Crippen LogP contribution in [0.15, 0.2) is 48.5 Å². The Balaban J connectivity index is 0.000000130. The van der Waals surface area contributed by atoms with Gasteiger partial charge in [-0.05, 0) is 0 Å². The van der Waals surface area contributed by atoms with E-state index in [2.05, 4.69) is 9.47 Å². The van der Waals surface area contributed by atoms with E-state index in [1.54, 1.807) is 0 Å². The average molecular weight is 404 g/mol. The summed E-state index contributed by atoms with van der Waals surface area (Å²) in [7, 11) is 0. The van der Waals surface area contributed by atoms with E-state index in [0.29, 0.717) is 0 Å². The lowest BCUT2D eigenvalue weighted by Gasteiger charge is -2.33. The lowest BCUT2D eigenvalue weighted by molar-refractivity contribution is -0.158. The highest BCUT2D eigenvalue weighted by atomic mass is 16.6. The van der Waals surface area contributed by atoms with Gasteiger partial charge >= 0.3 is 23.9 Å². The fourth-order valence-electron chi connectivity index (χ4n) is 4.59. The number of hydrogen-bond donors (Lipinski definition) is 2. The minimum absolute atomic E-state index is 0.715. The summed E-state index contributed by atoms with van der Waals surface area (Å²) in [6, 6.07) is 15.9. The van der Waals surface area contributed by atoms with Gasteiger partial charge in [0.25, 0.3) is 0 Å². The van der Waals surface area contributed by atoms with Crippen molar-refractivity contribution >= 4 is 56.8 Å². The molecule has 0 bridgehead atoms. The van der Waals surface area contributed by atoms with Gasteiger partial charge in [-0.25, -0.2) is 0 Å².